The fourth-order valence-electron chi connectivity index (χ4n) is 2.97. The summed E-state index contributed by atoms with van der Waals surface area (Å²) in [5, 5.41) is 3.81. The minimum Gasteiger partial charge on any atom is -0.309 e. The van der Waals surface area contributed by atoms with Gasteiger partial charge in [-0.3, -0.25) is 0 Å². The van der Waals surface area contributed by atoms with Gasteiger partial charge in [0.2, 0.25) is 0 Å². The summed E-state index contributed by atoms with van der Waals surface area (Å²) in [5.41, 5.74) is 3.01. The summed E-state index contributed by atoms with van der Waals surface area (Å²) in [6.45, 7) is 5.73. The van der Waals surface area contributed by atoms with Crippen LogP contribution in [-0.2, 0) is 6.42 Å². The van der Waals surface area contributed by atoms with E-state index in [2.05, 4.69) is 59.5 Å². The first-order valence-electron chi connectivity index (χ1n) is 7.21. The van der Waals surface area contributed by atoms with Crippen molar-refractivity contribution < 1.29 is 0 Å². The van der Waals surface area contributed by atoms with Crippen molar-refractivity contribution in [3.05, 3.63) is 33.8 Å². The third-order valence-electron chi connectivity index (χ3n) is 4.58. The van der Waals surface area contributed by atoms with Crippen molar-refractivity contribution in [2.24, 2.45) is 0 Å². The van der Waals surface area contributed by atoms with E-state index in [0.29, 0.717) is 10.8 Å². The van der Waals surface area contributed by atoms with Crippen molar-refractivity contribution in [2.75, 3.05) is 12.8 Å². The van der Waals surface area contributed by atoms with Gasteiger partial charge in [-0.25, -0.2) is 0 Å². The molecule has 0 heterocycles. The second kappa shape index (κ2) is 6.64. The van der Waals surface area contributed by atoms with Gasteiger partial charge in [0.25, 0.3) is 0 Å². The summed E-state index contributed by atoms with van der Waals surface area (Å²) < 4.78 is 1.60. The van der Waals surface area contributed by atoms with Gasteiger partial charge in [-0.05, 0) is 55.2 Å². The van der Waals surface area contributed by atoms with Crippen molar-refractivity contribution in [3.8, 4) is 0 Å². The molecule has 0 spiro atoms. The molecule has 19 heavy (non-hydrogen) atoms. The van der Waals surface area contributed by atoms with Crippen LogP contribution in [0.2, 0.25) is 0 Å². The molecule has 1 aliphatic rings. The van der Waals surface area contributed by atoms with Crippen LogP contribution >= 0.6 is 27.7 Å². The van der Waals surface area contributed by atoms with E-state index in [9.17, 15) is 0 Å². The monoisotopic (exact) mass is 341 g/mol. The minimum absolute atomic E-state index is 0.401. The highest BCUT2D eigenvalue weighted by atomic mass is 79.9. The Labute approximate surface area is 130 Å². The largest absolute Gasteiger partial charge is 0.309 e. The van der Waals surface area contributed by atoms with Crippen LogP contribution < -0.4 is 5.32 Å². The topological polar surface area (TPSA) is 12.0 Å². The zero-order valence-corrected chi connectivity index (χ0v) is 14.5. The molecule has 0 radical (unpaired) electrons. The van der Waals surface area contributed by atoms with Gasteiger partial charge in [-0.15, -0.1) is 0 Å². The molecule has 1 atom stereocenters. The van der Waals surface area contributed by atoms with Crippen molar-refractivity contribution in [2.45, 2.75) is 50.3 Å². The van der Waals surface area contributed by atoms with Gasteiger partial charge in [-0.2, -0.15) is 11.8 Å². The molecule has 0 amide bonds. The highest BCUT2D eigenvalue weighted by molar-refractivity contribution is 9.10. The number of hydrogen-bond donors (Lipinski definition) is 1. The average Bonchev–Trinajstić information content (AvgIpc) is 2.83. The van der Waals surface area contributed by atoms with E-state index < -0.39 is 0 Å². The Balaban J connectivity index is 2.03. The van der Waals surface area contributed by atoms with Gasteiger partial charge in [0, 0.05) is 21.8 Å². The van der Waals surface area contributed by atoms with E-state index in [1.807, 2.05) is 11.8 Å². The van der Waals surface area contributed by atoms with Gasteiger partial charge in [0.1, 0.15) is 0 Å². The average molecular weight is 342 g/mol. The molecule has 0 saturated carbocycles. The third-order valence-corrected chi connectivity index (χ3v) is 6.66. The van der Waals surface area contributed by atoms with Crippen LogP contribution in [0.1, 0.15) is 50.3 Å². The lowest BCUT2D eigenvalue weighted by Crippen LogP contribution is -2.38. The highest BCUT2D eigenvalue weighted by Crippen LogP contribution is 2.35. The van der Waals surface area contributed by atoms with E-state index in [1.165, 1.54) is 41.3 Å². The highest BCUT2D eigenvalue weighted by Gasteiger charge is 2.28. The van der Waals surface area contributed by atoms with Crippen LogP contribution in [0, 0.1) is 0 Å². The standard InChI is InChI=1S/C16H24BrNS/c1-4-16(5-2,19-3)11-18-15-9-6-12-10-13(17)7-8-14(12)15/h7-8,10,15,18H,4-6,9,11H2,1-3H3. The Morgan fingerprint density at radius 3 is 2.74 bits per heavy atom. The van der Waals surface area contributed by atoms with E-state index in [4.69, 9.17) is 0 Å². The van der Waals surface area contributed by atoms with Crippen molar-refractivity contribution in [1.29, 1.82) is 0 Å². The van der Waals surface area contributed by atoms with Crippen molar-refractivity contribution in [3.63, 3.8) is 0 Å². The van der Waals surface area contributed by atoms with Gasteiger partial charge in [0.15, 0.2) is 0 Å². The molecule has 1 aromatic rings. The zero-order valence-electron chi connectivity index (χ0n) is 12.1. The summed E-state index contributed by atoms with van der Waals surface area (Å²) in [6.07, 6.45) is 7.16. The van der Waals surface area contributed by atoms with Gasteiger partial charge >= 0.3 is 0 Å². The number of thioether (sulfide) groups is 1. The fraction of sp³-hybridized carbons (Fsp3) is 0.625. The number of fused-ring (bicyclic) bond motifs is 1. The predicted molar refractivity (Wildman–Crippen MR) is 90.0 cm³/mol. The SMILES string of the molecule is CCC(CC)(CNC1CCc2cc(Br)ccc21)SC. The van der Waals surface area contributed by atoms with E-state index in [1.54, 1.807) is 0 Å². The molecule has 1 unspecified atom stereocenters. The molecule has 0 aliphatic heterocycles. The Morgan fingerprint density at radius 1 is 1.37 bits per heavy atom. The normalized spacial score (nSPS) is 18.6. The molecule has 106 valence electrons. The lowest BCUT2D eigenvalue weighted by Gasteiger charge is -2.31. The number of rotatable bonds is 6. The van der Waals surface area contributed by atoms with Crippen molar-refractivity contribution in [1.82, 2.24) is 5.32 Å². The second-order valence-corrected chi connectivity index (χ2v) is 7.60. The van der Waals surface area contributed by atoms with Crippen molar-refractivity contribution >= 4 is 27.7 Å². The van der Waals surface area contributed by atoms with E-state index in [-0.39, 0.29) is 0 Å². The lowest BCUT2D eigenvalue weighted by molar-refractivity contribution is 0.443. The Morgan fingerprint density at radius 2 is 2.11 bits per heavy atom. The summed E-state index contributed by atoms with van der Waals surface area (Å²) in [4.78, 5) is 0. The summed E-state index contributed by atoms with van der Waals surface area (Å²) in [7, 11) is 0. The molecule has 0 bridgehead atoms. The first kappa shape index (κ1) is 15.4. The first-order valence-corrected chi connectivity index (χ1v) is 9.22. The zero-order chi connectivity index (χ0) is 13.9. The maximum atomic E-state index is 3.81. The number of halogens is 1. The maximum absolute atomic E-state index is 3.81. The Kier molecular flexibility index (Phi) is 5.38. The molecule has 3 heteroatoms. The maximum Gasteiger partial charge on any atom is 0.0326 e. The molecule has 1 nitrogen and oxygen atoms in total. The molecule has 0 aromatic heterocycles. The Hall–Kier alpha value is 0.01000. The molecule has 1 N–H and O–H groups in total. The molecule has 0 saturated heterocycles. The molecular formula is C16H24BrNS. The quantitative estimate of drug-likeness (QED) is 0.785. The number of nitrogens with one attached hydrogen (secondary N) is 1. The summed E-state index contributed by atoms with van der Waals surface area (Å²) in [6, 6.07) is 7.27. The van der Waals surface area contributed by atoms with Crippen LogP contribution in [-0.4, -0.2) is 17.5 Å². The predicted octanol–water partition coefficient (Wildman–Crippen LogP) is 4.95. The van der Waals surface area contributed by atoms with Crippen LogP contribution in [0.3, 0.4) is 0 Å². The summed E-state index contributed by atoms with van der Waals surface area (Å²) >= 11 is 5.58. The van der Waals surface area contributed by atoms with Crippen LogP contribution in [0.5, 0.6) is 0 Å². The Bertz CT molecular complexity index is 420. The number of hydrogen-bond acceptors (Lipinski definition) is 2. The smallest absolute Gasteiger partial charge is 0.0326 e. The molecule has 1 aliphatic carbocycles. The molecule has 0 fully saturated rings. The van der Waals surface area contributed by atoms with Gasteiger partial charge in [-0.1, -0.05) is 35.8 Å². The van der Waals surface area contributed by atoms with Gasteiger partial charge < -0.3 is 5.32 Å². The minimum atomic E-state index is 0.401. The fourth-order valence-corrected chi connectivity index (χ4v) is 4.18. The number of aryl methyl sites for hydroxylation is 1. The van der Waals surface area contributed by atoms with Gasteiger partial charge in [0.05, 0.1) is 0 Å². The molecule has 2 rings (SSSR count). The lowest BCUT2D eigenvalue weighted by atomic mass is 10.0. The van der Waals surface area contributed by atoms with E-state index in [0.717, 1.165) is 6.54 Å². The first-order chi connectivity index (χ1) is 9.14. The third kappa shape index (κ3) is 3.37. The molecular weight excluding hydrogens is 318 g/mol. The van der Waals surface area contributed by atoms with Crippen LogP contribution in [0.4, 0.5) is 0 Å². The van der Waals surface area contributed by atoms with Crippen LogP contribution in [0.15, 0.2) is 22.7 Å². The van der Waals surface area contributed by atoms with Crippen LogP contribution in [0.25, 0.3) is 0 Å². The number of benzene rings is 1. The molecule has 1 aromatic carbocycles. The summed E-state index contributed by atoms with van der Waals surface area (Å²) in [5.74, 6) is 0. The second-order valence-electron chi connectivity index (χ2n) is 5.41. The van der Waals surface area contributed by atoms with E-state index >= 15 is 0 Å².